The van der Waals surface area contributed by atoms with E-state index in [1.54, 1.807) is 24.3 Å². The number of hydrogen-bond donors (Lipinski definition) is 2. The van der Waals surface area contributed by atoms with Crippen LogP contribution in [-0.2, 0) is 9.53 Å². The molecule has 3 rings (SSSR count). The van der Waals surface area contributed by atoms with E-state index in [9.17, 15) is 19.4 Å². The van der Waals surface area contributed by atoms with Gasteiger partial charge in [-0.05, 0) is 49.4 Å². The Morgan fingerprint density at radius 2 is 1.89 bits per heavy atom. The maximum atomic E-state index is 13.1. The average Bonchev–Trinajstić information content (AvgIpc) is 2.94. The number of hydrogen-bond acceptors (Lipinski definition) is 6. The zero-order chi connectivity index (χ0) is 19.6. The van der Waals surface area contributed by atoms with E-state index in [1.807, 2.05) is 6.92 Å². The fourth-order valence-electron chi connectivity index (χ4n) is 2.45. The topological polar surface area (TPSA) is 79.1 Å². The number of aliphatic hydroxyl groups is 1. The van der Waals surface area contributed by atoms with Crippen LogP contribution in [-0.4, -0.2) is 28.3 Å². The Bertz CT molecular complexity index is 994. The van der Waals surface area contributed by atoms with Crippen LogP contribution in [0.15, 0.2) is 63.7 Å². The van der Waals surface area contributed by atoms with Crippen LogP contribution in [0.25, 0.3) is 6.08 Å². The van der Waals surface area contributed by atoms with Gasteiger partial charge in [0.2, 0.25) is 0 Å². The summed E-state index contributed by atoms with van der Waals surface area (Å²) < 4.78 is 17.8. The standard InChI is InChI=1S/C20H16FNO4S/c1-11-3-8-15(23)12(9-11)10-16-18(24)17(20(25)26-2)19(27-16)22-14-6-4-13(21)5-7-14/h3-10,23-24H,1-2H3. The third kappa shape index (κ3) is 4.03. The molecule has 0 bridgehead atoms. The molecule has 0 spiro atoms. The highest BCUT2D eigenvalue weighted by Gasteiger charge is 2.33. The van der Waals surface area contributed by atoms with Crippen LogP contribution >= 0.6 is 11.8 Å². The molecule has 2 aromatic carbocycles. The lowest BCUT2D eigenvalue weighted by Crippen LogP contribution is -2.10. The first kappa shape index (κ1) is 18.7. The number of ether oxygens (including phenoxy) is 1. The van der Waals surface area contributed by atoms with Gasteiger partial charge in [0.05, 0.1) is 17.7 Å². The minimum atomic E-state index is -0.738. The smallest absolute Gasteiger partial charge is 0.344 e. The molecule has 2 aromatic rings. The summed E-state index contributed by atoms with van der Waals surface area (Å²) in [5.41, 5.74) is 1.77. The zero-order valence-electron chi connectivity index (χ0n) is 14.6. The van der Waals surface area contributed by atoms with E-state index < -0.39 is 11.8 Å². The van der Waals surface area contributed by atoms with Crippen molar-refractivity contribution in [2.24, 2.45) is 4.99 Å². The Hall–Kier alpha value is -3.06. The molecule has 0 fully saturated rings. The first-order chi connectivity index (χ1) is 12.9. The van der Waals surface area contributed by atoms with E-state index >= 15 is 0 Å². The largest absolute Gasteiger partial charge is 0.507 e. The maximum absolute atomic E-state index is 13.1. The van der Waals surface area contributed by atoms with Crippen molar-refractivity contribution in [2.75, 3.05) is 7.11 Å². The van der Waals surface area contributed by atoms with E-state index in [-0.39, 0.29) is 22.1 Å². The number of carbonyl (C=O) groups is 1. The van der Waals surface area contributed by atoms with Crippen LogP contribution in [0.3, 0.4) is 0 Å². The number of aliphatic imine (C=N–C) groups is 1. The molecular formula is C20H16FNO4S. The Labute approximate surface area is 159 Å². The summed E-state index contributed by atoms with van der Waals surface area (Å²) in [6.45, 7) is 1.88. The highest BCUT2D eigenvalue weighted by molar-refractivity contribution is 8.18. The van der Waals surface area contributed by atoms with E-state index in [0.29, 0.717) is 16.2 Å². The Kier molecular flexibility index (Phi) is 5.32. The number of aliphatic hydroxyl groups excluding tert-OH is 1. The molecule has 0 unspecified atom stereocenters. The molecule has 0 saturated heterocycles. The number of carbonyl (C=O) groups excluding carboxylic acids is 1. The molecule has 27 heavy (non-hydrogen) atoms. The SMILES string of the molecule is COC(=O)C1=C(O)C(=Cc2cc(C)ccc2O)SC1=Nc1ccc(F)cc1. The summed E-state index contributed by atoms with van der Waals surface area (Å²) >= 11 is 1.06. The van der Waals surface area contributed by atoms with Crippen molar-refractivity contribution in [3.63, 3.8) is 0 Å². The molecule has 0 radical (unpaired) electrons. The molecule has 1 aliphatic rings. The van der Waals surface area contributed by atoms with Gasteiger partial charge in [0.1, 0.15) is 27.9 Å². The molecule has 0 aromatic heterocycles. The molecule has 0 atom stereocenters. The summed E-state index contributed by atoms with van der Waals surface area (Å²) in [4.78, 5) is 16.8. The molecular weight excluding hydrogens is 369 g/mol. The Morgan fingerprint density at radius 3 is 2.56 bits per heavy atom. The number of thioether (sulfide) groups is 1. The van der Waals surface area contributed by atoms with Gasteiger partial charge in [0.25, 0.3) is 0 Å². The summed E-state index contributed by atoms with van der Waals surface area (Å²) in [5.74, 6) is -1.38. The van der Waals surface area contributed by atoms with Crippen molar-refractivity contribution >= 4 is 34.5 Å². The molecule has 0 saturated carbocycles. The summed E-state index contributed by atoms with van der Waals surface area (Å²) in [6.07, 6.45) is 1.57. The predicted octanol–water partition coefficient (Wildman–Crippen LogP) is 4.64. The van der Waals surface area contributed by atoms with Crippen LogP contribution in [0, 0.1) is 12.7 Å². The van der Waals surface area contributed by atoms with Gasteiger partial charge in [0, 0.05) is 5.56 Å². The Morgan fingerprint density at radius 1 is 1.19 bits per heavy atom. The lowest BCUT2D eigenvalue weighted by Gasteiger charge is -2.03. The number of nitrogens with zero attached hydrogens (tertiary/aromatic N) is 1. The molecule has 7 heteroatoms. The second-order valence-electron chi connectivity index (χ2n) is 5.78. The van der Waals surface area contributed by atoms with Gasteiger partial charge in [0.15, 0.2) is 0 Å². The summed E-state index contributed by atoms with van der Waals surface area (Å²) in [6, 6.07) is 10.5. The van der Waals surface area contributed by atoms with Crippen LogP contribution in [0.4, 0.5) is 10.1 Å². The number of benzene rings is 2. The maximum Gasteiger partial charge on any atom is 0.344 e. The number of halogens is 1. The first-order valence-electron chi connectivity index (χ1n) is 7.94. The molecule has 2 N–H and O–H groups in total. The van der Waals surface area contributed by atoms with E-state index in [4.69, 9.17) is 4.74 Å². The number of methoxy groups -OCH3 is 1. The lowest BCUT2D eigenvalue weighted by atomic mass is 10.1. The van der Waals surface area contributed by atoms with Crippen LogP contribution in [0.2, 0.25) is 0 Å². The second kappa shape index (κ2) is 7.67. The number of esters is 1. The molecule has 1 heterocycles. The van der Waals surface area contributed by atoms with Crippen LogP contribution in [0.5, 0.6) is 5.75 Å². The van der Waals surface area contributed by atoms with Crippen LogP contribution < -0.4 is 0 Å². The zero-order valence-corrected chi connectivity index (χ0v) is 15.4. The average molecular weight is 385 g/mol. The van der Waals surface area contributed by atoms with Gasteiger partial charge >= 0.3 is 5.97 Å². The van der Waals surface area contributed by atoms with Gasteiger partial charge in [-0.3, -0.25) is 0 Å². The number of aromatic hydroxyl groups is 1. The van der Waals surface area contributed by atoms with Crippen molar-refractivity contribution in [1.29, 1.82) is 0 Å². The number of phenolic OH excluding ortho intramolecular Hbond substituents is 1. The van der Waals surface area contributed by atoms with Gasteiger partial charge in [-0.1, -0.05) is 23.4 Å². The quantitative estimate of drug-likeness (QED) is 0.753. The number of phenols is 1. The molecule has 5 nitrogen and oxygen atoms in total. The highest BCUT2D eigenvalue weighted by Crippen LogP contribution is 2.41. The number of rotatable bonds is 3. The van der Waals surface area contributed by atoms with E-state index in [0.717, 1.165) is 17.3 Å². The first-order valence-corrected chi connectivity index (χ1v) is 8.76. The second-order valence-corrected chi connectivity index (χ2v) is 6.81. The van der Waals surface area contributed by atoms with E-state index in [2.05, 4.69) is 4.99 Å². The minimum absolute atomic E-state index is 0.0463. The fourth-order valence-corrected chi connectivity index (χ4v) is 3.48. The van der Waals surface area contributed by atoms with Crippen molar-refractivity contribution in [1.82, 2.24) is 0 Å². The monoisotopic (exact) mass is 385 g/mol. The van der Waals surface area contributed by atoms with Crippen molar-refractivity contribution < 1.29 is 24.1 Å². The Balaban J connectivity index is 2.07. The minimum Gasteiger partial charge on any atom is -0.507 e. The fraction of sp³-hybridized carbons (Fsp3) is 0.100. The molecule has 138 valence electrons. The third-order valence-electron chi connectivity index (χ3n) is 3.81. The third-order valence-corrected chi connectivity index (χ3v) is 4.83. The predicted molar refractivity (Wildman–Crippen MR) is 104 cm³/mol. The van der Waals surface area contributed by atoms with Crippen LogP contribution in [0.1, 0.15) is 11.1 Å². The van der Waals surface area contributed by atoms with Gasteiger partial charge < -0.3 is 14.9 Å². The lowest BCUT2D eigenvalue weighted by molar-refractivity contribution is -0.135. The summed E-state index contributed by atoms with van der Waals surface area (Å²) in [7, 11) is 1.21. The normalized spacial score (nSPS) is 17.0. The molecule has 0 amide bonds. The van der Waals surface area contributed by atoms with Gasteiger partial charge in [-0.15, -0.1) is 0 Å². The van der Waals surface area contributed by atoms with Gasteiger partial charge in [-0.2, -0.15) is 0 Å². The van der Waals surface area contributed by atoms with Crippen molar-refractivity contribution in [3.8, 4) is 5.75 Å². The van der Waals surface area contributed by atoms with Gasteiger partial charge in [-0.25, -0.2) is 14.2 Å². The van der Waals surface area contributed by atoms with E-state index in [1.165, 1.54) is 31.4 Å². The molecule has 0 aliphatic carbocycles. The highest BCUT2D eigenvalue weighted by atomic mass is 32.2. The van der Waals surface area contributed by atoms with Crippen molar-refractivity contribution in [3.05, 3.63) is 75.6 Å². The van der Waals surface area contributed by atoms with Crippen molar-refractivity contribution in [2.45, 2.75) is 6.92 Å². The summed E-state index contributed by atoms with van der Waals surface area (Å²) in [5, 5.41) is 20.8. The molecule has 1 aliphatic heterocycles. The number of aryl methyl sites for hydroxylation is 1.